The Labute approximate surface area is 382 Å². The van der Waals surface area contributed by atoms with Crippen LogP contribution in [0.15, 0.2) is 206 Å². The average molecular weight is 837 g/mol. The minimum Gasteiger partial charge on any atom is -0.310 e. The van der Waals surface area contributed by atoms with Gasteiger partial charge in [-0.3, -0.25) is 0 Å². The largest absolute Gasteiger partial charge is 0.310 e. The van der Waals surface area contributed by atoms with Gasteiger partial charge in [0, 0.05) is 38.6 Å². The molecule has 2 nitrogen and oxygen atoms in total. The zero-order valence-electron chi connectivity index (χ0n) is 37.2. The number of nitrogens with zero attached hydrogens (tertiary/aromatic N) is 2. The smallest absolute Gasteiger partial charge is 0.0541 e. The van der Waals surface area contributed by atoms with Gasteiger partial charge >= 0.3 is 0 Å². The number of hydrogen-bond donors (Lipinski definition) is 0. The number of benzene rings is 9. The van der Waals surface area contributed by atoms with Gasteiger partial charge in [0.2, 0.25) is 0 Å². The summed E-state index contributed by atoms with van der Waals surface area (Å²) >= 11 is 0. The second-order valence-electron chi connectivity index (χ2n) is 19.5. The maximum absolute atomic E-state index is 2.57. The third-order valence-corrected chi connectivity index (χ3v) is 15.9. The van der Waals surface area contributed by atoms with Gasteiger partial charge in [-0.1, -0.05) is 166 Å². The fraction of sp³-hybridized carbons (Fsp3) is 0.175. The standard InChI is InChI=1S/C63H52N2/c1-41-35-43-37-42(2)63(47(36-41)38-43)58-25-9-6-19-53(58)57-39-46(31-34-59(57)63)51-22-13-24-54-52(51)23-14-28-60(54)64(48-32-29-45(30-33-48)44-15-4-3-5-16-44)49-17-12-18-50(40-49)65-61-26-10-7-20-55(61)56-21-8-11-27-62(56)65/h3-34,39-43,47H,35-38H2,1-2H3. The van der Waals surface area contributed by atoms with Crippen molar-refractivity contribution >= 4 is 49.6 Å². The molecule has 0 amide bonds. The molecule has 0 radical (unpaired) electrons. The Balaban J connectivity index is 0.974. The van der Waals surface area contributed by atoms with E-state index in [-0.39, 0.29) is 5.41 Å². The van der Waals surface area contributed by atoms with Crippen LogP contribution in [0.3, 0.4) is 0 Å². The van der Waals surface area contributed by atoms with E-state index in [0.717, 1.165) is 34.6 Å². The molecule has 5 unspecified atom stereocenters. The summed E-state index contributed by atoms with van der Waals surface area (Å²) in [6, 6.07) is 77.2. The topological polar surface area (TPSA) is 8.17 Å². The maximum atomic E-state index is 2.57. The number of rotatable bonds is 6. The SMILES string of the molecule is CC1CC2CC(C)C3(c4ccccc4-c4cc(-c5cccc6c(N(c7ccc(-c8ccccc8)cc7)c7cccc(-n8c9ccccc9c9ccccc98)c7)cccc56)ccc43)C(C1)C2. The monoisotopic (exact) mass is 836 g/mol. The lowest BCUT2D eigenvalue weighted by Crippen LogP contribution is -2.49. The minimum atomic E-state index is 0.0892. The van der Waals surface area contributed by atoms with E-state index >= 15 is 0 Å². The number of fused-ring (bicyclic) bond motifs is 12. The fourth-order valence-electron chi connectivity index (χ4n) is 13.5. The third kappa shape index (κ3) is 5.86. The first kappa shape index (κ1) is 38.3. The van der Waals surface area contributed by atoms with Crippen LogP contribution in [-0.2, 0) is 5.41 Å². The molecule has 2 heteroatoms. The molecule has 13 rings (SSSR count). The van der Waals surface area contributed by atoms with Crippen LogP contribution in [0.2, 0.25) is 0 Å². The summed E-state index contributed by atoms with van der Waals surface area (Å²) < 4.78 is 2.42. The predicted molar refractivity (Wildman–Crippen MR) is 274 cm³/mol. The zero-order valence-corrected chi connectivity index (χ0v) is 37.2. The molecule has 2 saturated carbocycles. The van der Waals surface area contributed by atoms with Crippen molar-refractivity contribution in [3.63, 3.8) is 0 Å². The molecule has 1 heterocycles. The maximum Gasteiger partial charge on any atom is 0.0541 e. The first-order valence-corrected chi connectivity index (χ1v) is 23.9. The Morgan fingerprint density at radius 1 is 0.431 bits per heavy atom. The van der Waals surface area contributed by atoms with Crippen molar-refractivity contribution in [1.82, 2.24) is 4.57 Å². The van der Waals surface area contributed by atoms with Crippen LogP contribution in [-0.4, -0.2) is 4.57 Å². The van der Waals surface area contributed by atoms with E-state index in [4.69, 9.17) is 0 Å². The second-order valence-corrected chi connectivity index (χ2v) is 19.5. The minimum absolute atomic E-state index is 0.0892. The van der Waals surface area contributed by atoms with Crippen LogP contribution in [0.4, 0.5) is 17.1 Å². The molecular weight excluding hydrogens is 785 g/mol. The van der Waals surface area contributed by atoms with E-state index in [1.165, 1.54) is 91.6 Å². The van der Waals surface area contributed by atoms with E-state index < -0.39 is 0 Å². The van der Waals surface area contributed by atoms with E-state index in [2.05, 4.69) is 230 Å². The number of para-hydroxylation sites is 2. The summed E-state index contributed by atoms with van der Waals surface area (Å²) in [7, 11) is 0. The molecule has 0 saturated heterocycles. The van der Waals surface area contributed by atoms with Crippen molar-refractivity contribution in [1.29, 1.82) is 0 Å². The summed E-state index contributed by atoms with van der Waals surface area (Å²) in [5.74, 6) is 2.96. The van der Waals surface area contributed by atoms with Gasteiger partial charge in [-0.05, 0) is 154 Å². The van der Waals surface area contributed by atoms with Gasteiger partial charge in [-0.15, -0.1) is 0 Å². The predicted octanol–water partition coefficient (Wildman–Crippen LogP) is 17.1. The van der Waals surface area contributed by atoms with E-state index in [1.54, 1.807) is 11.1 Å². The van der Waals surface area contributed by atoms with Crippen LogP contribution in [0.1, 0.15) is 50.7 Å². The van der Waals surface area contributed by atoms with Gasteiger partial charge in [-0.25, -0.2) is 0 Å². The van der Waals surface area contributed by atoms with Crippen molar-refractivity contribution in [2.24, 2.45) is 23.7 Å². The highest BCUT2D eigenvalue weighted by molar-refractivity contribution is 6.10. The molecule has 5 atom stereocenters. The van der Waals surface area contributed by atoms with Gasteiger partial charge in [0.25, 0.3) is 0 Å². The Kier molecular flexibility index (Phi) is 8.82. The number of hydrogen-bond acceptors (Lipinski definition) is 1. The average Bonchev–Trinajstić information content (AvgIpc) is 3.85. The molecule has 3 aliphatic rings. The van der Waals surface area contributed by atoms with Gasteiger partial charge < -0.3 is 9.47 Å². The van der Waals surface area contributed by atoms with Crippen LogP contribution in [0.25, 0.3) is 71.6 Å². The molecule has 314 valence electrons. The van der Waals surface area contributed by atoms with E-state index in [1.807, 2.05) is 0 Å². The number of anilines is 3. The molecule has 10 aromatic rings. The Bertz CT molecular complexity index is 3390. The first-order valence-electron chi connectivity index (χ1n) is 23.9. The summed E-state index contributed by atoms with van der Waals surface area (Å²) in [4.78, 5) is 2.46. The van der Waals surface area contributed by atoms with Gasteiger partial charge in [-0.2, -0.15) is 0 Å². The third-order valence-electron chi connectivity index (χ3n) is 15.9. The van der Waals surface area contributed by atoms with Crippen molar-refractivity contribution in [2.45, 2.75) is 44.9 Å². The van der Waals surface area contributed by atoms with Crippen molar-refractivity contribution < 1.29 is 0 Å². The molecule has 0 aliphatic heterocycles. The summed E-state index contributed by atoms with van der Waals surface area (Å²) in [6.07, 6.45) is 5.42. The Morgan fingerprint density at radius 3 is 1.88 bits per heavy atom. The highest BCUT2D eigenvalue weighted by Gasteiger charge is 2.56. The summed E-state index contributed by atoms with van der Waals surface area (Å²) in [5, 5.41) is 5.00. The summed E-state index contributed by atoms with van der Waals surface area (Å²) in [5.41, 5.74) is 18.0. The van der Waals surface area contributed by atoms with Gasteiger partial charge in [0.1, 0.15) is 0 Å². The van der Waals surface area contributed by atoms with Gasteiger partial charge in [0.05, 0.1) is 16.7 Å². The lowest BCUT2D eigenvalue weighted by atomic mass is 9.49. The molecular formula is C63H52N2. The second kappa shape index (κ2) is 15.0. The Morgan fingerprint density at radius 2 is 1.06 bits per heavy atom. The van der Waals surface area contributed by atoms with Crippen LogP contribution in [0.5, 0.6) is 0 Å². The van der Waals surface area contributed by atoms with Crippen molar-refractivity contribution in [3.05, 3.63) is 217 Å². The Hall–Kier alpha value is -7.16. The highest BCUT2D eigenvalue weighted by Crippen LogP contribution is 2.64. The van der Waals surface area contributed by atoms with Crippen molar-refractivity contribution in [2.75, 3.05) is 4.90 Å². The quantitative estimate of drug-likeness (QED) is 0.162. The lowest BCUT2D eigenvalue weighted by Gasteiger charge is -2.54. The first-order chi connectivity index (χ1) is 32.0. The van der Waals surface area contributed by atoms with Gasteiger partial charge in [0.15, 0.2) is 0 Å². The lowest BCUT2D eigenvalue weighted by molar-refractivity contribution is 0.0426. The molecule has 9 aromatic carbocycles. The van der Waals surface area contributed by atoms with E-state index in [0.29, 0.717) is 11.8 Å². The van der Waals surface area contributed by atoms with Crippen LogP contribution >= 0.6 is 0 Å². The zero-order chi connectivity index (χ0) is 43.2. The normalized spacial score (nSPS) is 20.9. The summed E-state index contributed by atoms with van der Waals surface area (Å²) in [6.45, 7) is 5.08. The molecule has 3 aliphatic carbocycles. The van der Waals surface area contributed by atoms with Crippen LogP contribution < -0.4 is 4.90 Å². The molecule has 2 fully saturated rings. The highest BCUT2D eigenvalue weighted by atomic mass is 15.1. The molecule has 1 spiro atoms. The van der Waals surface area contributed by atoms with Crippen molar-refractivity contribution in [3.8, 4) is 39.1 Å². The van der Waals surface area contributed by atoms with Crippen LogP contribution in [0, 0.1) is 23.7 Å². The fourth-order valence-corrected chi connectivity index (χ4v) is 13.5. The molecule has 2 bridgehead atoms. The molecule has 0 N–H and O–H groups in total. The number of aromatic nitrogens is 1. The molecule has 65 heavy (non-hydrogen) atoms. The van der Waals surface area contributed by atoms with E-state index in [9.17, 15) is 0 Å². The molecule has 1 aromatic heterocycles.